The van der Waals surface area contributed by atoms with Crippen LogP contribution in [0.3, 0.4) is 0 Å². The van der Waals surface area contributed by atoms with Crippen molar-refractivity contribution in [3.05, 3.63) is 29.1 Å². The van der Waals surface area contributed by atoms with Crippen molar-refractivity contribution in [1.82, 2.24) is 14.5 Å². The summed E-state index contributed by atoms with van der Waals surface area (Å²) in [5.74, 6) is 0.109. The van der Waals surface area contributed by atoms with Gasteiger partial charge in [-0.25, -0.2) is 4.98 Å². The molecule has 1 amide bonds. The third-order valence-corrected chi connectivity index (χ3v) is 3.49. The van der Waals surface area contributed by atoms with Gasteiger partial charge in [-0.15, -0.1) is 0 Å². The average Bonchev–Trinajstić information content (AvgIpc) is 2.73. The second kappa shape index (κ2) is 4.87. The van der Waals surface area contributed by atoms with Gasteiger partial charge in [-0.3, -0.25) is 4.79 Å². The van der Waals surface area contributed by atoms with Crippen LogP contribution in [-0.4, -0.2) is 34.0 Å². The number of nitrogens with zero attached hydrogens (tertiary/aromatic N) is 3. The predicted octanol–water partition coefficient (Wildman–Crippen LogP) is 2.28. The first-order valence-corrected chi connectivity index (χ1v) is 6.26. The van der Waals surface area contributed by atoms with E-state index < -0.39 is 0 Å². The molecular formula is C12H14BrN3O. The highest BCUT2D eigenvalue weighted by atomic mass is 79.9. The van der Waals surface area contributed by atoms with Crippen LogP contribution in [0.5, 0.6) is 0 Å². The van der Waals surface area contributed by atoms with Crippen LogP contribution in [0.25, 0.3) is 10.9 Å². The average molecular weight is 296 g/mol. The summed E-state index contributed by atoms with van der Waals surface area (Å²) in [7, 11) is 1.81. The summed E-state index contributed by atoms with van der Waals surface area (Å²) >= 11 is 3.40. The fraction of sp³-hybridized carbons (Fsp3) is 0.333. The van der Waals surface area contributed by atoms with Gasteiger partial charge in [-0.1, -0.05) is 0 Å². The number of amides is 1. The lowest BCUT2D eigenvalue weighted by atomic mass is 10.3. The number of carbonyl (C=O) groups excluding carboxylic acids is 1. The van der Waals surface area contributed by atoms with E-state index in [1.807, 2.05) is 36.9 Å². The third-order valence-electron chi connectivity index (χ3n) is 2.85. The lowest BCUT2D eigenvalue weighted by molar-refractivity contribution is -0.130. The van der Waals surface area contributed by atoms with E-state index >= 15 is 0 Å². The number of likely N-dealkylation sites (N-methyl/N-ethyl adjacent to an activating group) is 1. The second-order valence-electron chi connectivity index (χ2n) is 3.89. The highest BCUT2D eigenvalue weighted by molar-refractivity contribution is 9.10. The molecule has 0 saturated heterocycles. The Morgan fingerprint density at radius 2 is 2.29 bits per heavy atom. The van der Waals surface area contributed by atoms with Crippen LogP contribution in [-0.2, 0) is 11.3 Å². The largest absolute Gasteiger partial charge is 0.344 e. The fourth-order valence-corrected chi connectivity index (χ4v) is 2.12. The summed E-state index contributed by atoms with van der Waals surface area (Å²) in [6, 6.07) is 3.88. The molecule has 0 aromatic carbocycles. The Hall–Kier alpha value is -1.36. The third kappa shape index (κ3) is 2.34. The predicted molar refractivity (Wildman–Crippen MR) is 70.7 cm³/mol. The Labute approximate surface area is 108 Å². The van der Waals surface area contributed by atoms with Crippen molar-refractivity contribution >= 4 is 32.7 Å². The molecule has 0 bridgehead atoms. The Balaban J connectivity index is 2.31. The monoisotopic (exact) mass is 295 g/mol. The maximum absolute atomic E-state index is 11.8. The molecule has 90 valence electrons. The molecule has 0 radical (unpaired) electrons. The Bertz CT molecular complexity index is 550. The van der Waals surface area contributed by atoms with Crippen molar-refractivity contribution in [2.75, 3.05) is 13.6 Å². The van der Waals surface area contributed by atoms with E-state index in [1.54, 1.807) is 11.1 Å². The molecule has 0 aliphatic carbocycles. The molecule has 2 aromatic rings. The minimum atomic E-state index is 0.109. The summed E-state index contributed by atoms with van der Waals surface area (Å²) in [6.45, 7) is 3.06. The van der Waals surface area contributed by atoms with Crippen LogP contribution in [0.1, 0.15) is 6.92 Å². The highest BCUT2D eigenvalue weighted by Crippen LogP contribution is 2.22. The van der Waals surface area contributed by atoms with Crippen molar-refractivity contribution in [1.29, 1.82) is 0 Å². The smallest absolute Gasteiger partial charge is 0.242 e. The Morgan fingerprint density at radius 3 is 3.00 bits per heavy atom. The van der Waals surface area contributed by atoms with Gasteiger partial charge in [-0.2, -0.15) is 0 Å². The zero-order chi connectivity index (χ0) is 12.4. The SMILES string of the molecule is CCN(C)C(=O)Cn1ccc2c(Br)nccc21. The van der Waals surface area contributed by atoms with Gasteiger partial charge in [-0.05, 0) is 35.0 Å². The van der Waals surface area contributed by atoms with E-state index in [0.717, 1.165) is 22.1 Å². The van der Waals surface area contributed by atoms with Crippen molar-refractivity contribution in [3.63, 3.8) is 0 Å². The van der Waals surface area contributed by atoms with Crippen LogP contribution in [0.4, 0.5) is 0 Å². The fourth-order valence-electron chi connectivity index (χ4n) is 1.67. The van der Waals surface area contributed by atoms with Crippen LogP contribution in [0.2, 0.25) is 0 Å². The lowest BCUT2D eigenvalue weighted by Crippen LogP contribution is -2.29. The summed E-state index contributed by atoms with van der Waals surface area (Å²) in [4.78, 5) is 17.7. The number of fused-ring (bicyclic) bond motifs is 1. The van der Waals surface area contributed by atoms with E-state index in [2.05, 4.69) is 20.9 Å². The number of carbonyl (C=O) groups is 1. The molecule has 2 heterocycles. The molecule has 5 heteroatoms. The maximum Gasteiger partial charge on any atom is 0.242 e. The van der Waals surface area contributed by atoms with Gasteiger partial charge >= 0.3 is 0 Å². The standard InChI is InChI=1S/C12H14BrN3O/c1-3-15(2)11(17)8-16-7-5-9-10(16)4-6-14-12(9)13/h4-7H,3,8H2,1-2H3. The highest BCUT2D eigenvalue weighted by Gasteiger charge is 2.10. The van der Waals surface area contributed by atoms with E-state index in [0.29, 0.717) is 6.54 Å². The van der Waals surface area contributed by atoms with Crippen LogP contribution < -0.4 is 0 Å². The summed E-state index contributed by atoms with van der Waals surface area (Å²) in [5, 5.41) is 1.03. The molecule has 0 N–H and O–H groups in total. The van der Waals surface area contributed by atoms with Crippen LogP contribution >= 0.6 is 15.9 Å². The van der Waals surface area contributed by atoms with E-state index in [-0.39, 0.29) is 5.91 Å². The van der Waals surface area contributed by atoms with Crippen molar-refractivity contribution in [2.24, 2.45) is 0 Å². The number of pyridine rings is 1. The topological polar surface area (TPSA) is 38.1 Å². The first-order chi connectivity index (χ1) is 8.13. The Morgan fingerprint density at radius 1 is 1.53 bits per heavy atom. The molecule has 0 fully saturated rings. The van der Waals surface area contributed by atoms with Gasteiger partial charge in [0.2, 0.25) is 5.91 Å². The van der Waals surface area contributed by atoms with Gasteiger partial charge in [0.05, 0.1) is 5.52 Å². The molecule has 0 spiro atoms. The van der Waals surface area contributed by atoms with Crippen molar-refractivity contribution < 1.29 is 4.79 Å². The minimum Gasteiger partial charge on any atom is -0.344 e. The van der Waals surface area contributed by atoms with Crippen molar-refractivity contribution in [2.45, 2.75) is 13.5 Å². The first kappa shape index (κ1) is 12.1. The Kier molecular flexibility index (Phi) is 3.47. The first-order valence-electron chi connectivity index (χ1n) is 5.46. The molecule has 2 aromatic heterocycles. The van der Waals surface area contributed by atoms with Gasteiger partial charge in [0, 0.05) is 31.4 Å². The van der Waals surface area contributed by atoms with Gasteiger partial charge < -0.3 is 9.47 Å². The summed E-state index contributed by atoms with van der Waals surface area (Å²) in [5.41, 5.74) is 1.02. The number of hydrogen-bond acceptors (Lipinski definition) is 2. The molecule has 0 unspecified atom stereocenters. The van der Waals surface area contributed by atoms with E-state index in [4.69, 9.17) is 0 Å². The molecule has 0 atom stereocenters. The molecule has 0 saturated carbocycles. The zero-order valence-electron chi connectivity index (χ0n) is 9.85. The van der Waals surface area contributed by atoms with Gasteiger partial charge in [0.25, 0.3) is 0 Å². The zero-order valence-corrected chi connectivity index (χ0v) is 11.4. The van der Waals surface area contributed by atoms with E-state index in [1.165, 1.54) is 0 Å². The lowest BCUT2D eigenvalue weighted by Gasteiger charge is -2.15. The number of hydrogen-bond donors (Lipinski definition) is 0. The quantitative estimate of drug-likeness (QED) is 0.815. The molecule has 17 heavy (non-hydrogen) atoms. The van der Waals surface area contributed by atoms with Gasteiger partial charge in [0.1, 0.15) is 11.1 Å². The minimum absolute atomic E-state index is 0.109. The maximum atomic E-state index is 11.8. The number of halogens is 1. The van der Waals surface area contributed by atoms with Crippen molar-refractivity contribution in [3.8, 4) is 0 Å². The molecule has 0 aliphatic heterocycles. The molecule has 4 nitrogen and oxygen atoms in total. The molecule has 2 rings (SSSR count). The second-order valence-corrected chi connectivity index (χ2v) is 4.64. The summed E-state index contributed by atoms with van der Waals surface area (Å²) < 4.78 is 2.75. The number of rotatable bonds is 3. The molecular weight excluding hydrogens is 282 g/mol. The summed E-state index contributed by atoms with van der Waals surface area (Å²) in [6.07, 6.45) is 3.65. The normalized spacial score (nSPS) is 10.8. The number of aromatic nitrogens is 2. The van der Waals surface area contributed by atoms with Gasteiger partial charge in [0.15, 0.2) is 0 Å². The van der Waals surface area contributed by atoms with Crippen LogP contribution in [0, 0.1) is 0 Å². The van der Waals surface area contributed by atoms with Crippen LogP contribution in [0.15, 0.2) is 29.1 Å². The molecule has 0 aliphatic rings. The van der Waals surface area contributed by atoms with E-state index in [9.17, 15) is 4.79 Å².